The van der Waals surface area contributed by atoms with E-state index in [2.05, 4.69) is 17.6 Å². The van der Waals surface area contributed by atoms with Crippen LogP contribution in [0.3, 0.4) is 0 Å². The van der Waals surface area contributed by atoms with Crippen LogP contribution in [0.15, 0.2) is 30.3 Å². The Morgan fingerprint density at radius 1 is 1.35 bits per heavy atom. The van der Waals surface area contributed by atoms with Crippen molar-refractivity contribution in [1.82, 2.24) is 10.6 Å². The fourth-order valence-corrected chi connectivity index (χ4v) is 2.73. The van der Waals surface area contributed by atoms with Crippen LogP contribution in [0.25, 0.3) is 0 Å². The molecular weight excluding hydrogens is 252 g/mol. The summed E-state index contributed by atoms with van der Waals surface area (Å²) in [7, 11) is 0. The summed E-state index contributed by atoms with van der Waals surface area (Å²) in [6.45, 7) is 4.07. The summed E-state index contributed by atoms with van der Waals surface area (Å²) in [5.41, 5.74) is -0.255. The zero-order chi connectivity index (χ0) is 14.6. The Morgan fingerprint density at radius 3 is 2.65 bits per heavy atom. The Balaban J connectivity index is 1.83. The van der Waals surface area contributed by atoms with E-state index in [-0.39, 0.29) is 18.6 Å². The van der Waals surface area contributed by atoms with Crippen LogP contribution in [0.1, 0.15) is 38.7 Å². The number of aliphatic hydroxyl groups is 1. The highest BCUT2D eigenvalue weighted by Gasteiger charge is 2.27. The van der Waals surface area contributed by atoms with Crippen molar-refractivity contribution in [3.63, 3.8) is 0 Å². The molecule has 0 heterocycles. The highest BCUT2D eigenvalue weighted by molar-refractivity contribution is 5.74. The highest BCUT2D eigenvalue weighted by atomic mass is 16.3. The molecule has 1 aliphatic rings. The first kappa shape index (κ1) is 14.9. The van der Waals surface area contributed by atoms with E-state index in [9.17, 15) is 9.90 Å². The minimum atomic E-state index is -1.06. The van der Waals surface area contributed by atoms with E-state index < -0.39 is 5.60 Å². The van der Waals surface area contributed by atoms with Gasteiger partial charge < -0.3 is 15.7 Å². The molecule has 1 saturated carbocycles. The fraction of sp³-hybridized carbons (Fsp3) is 0.562. The van der Waals surface area contributed by atoms with Gasteiger partial charge in [-0.2, -0.15) is 0 Å². The second kappa shape index (κ2) is 6.27. The van der Waals surface area contributed by atoms with Gasteiger partial charge >= 0.3 is 6.03 Å². The molecule has 1 aromatic carbocycles. The number of hydrogen-bond acceptors (Lipinski definition) is 2. The molecule has 1 aliphatic carbocycles. The minimum Gasteiger partial charge on any atom is -0.384 e. The van der Waals surface area contributed by atoms with Crippen LogP contribution < -0.4 is 10.6 Å². The number of amides is 2. The standard InChI is InChI=1S/C16H24N2O2/c1-12-7-6-10-14(12)18-15(19)17-11-16(2,20)13-8-4-3-5-9-13/h3-5,8-9,12,14,20H,6-7,10-11H2,1-2H3,(H2,17,18,19)/t12-,14-,16-/m1/s1. The molecule has 20 heavy (non-hydrogen) atoms. The molecule has 2 amide bonds. The normalized spacial score (nSPS) is 24.9. The van der Waals surface area contributed by atoms with Gasteiger partial charge in [-0.15, -0.1) is 0 Å². The summed E-state index contributed by atoms with van der Waals surface area (Å²) in [5.74, 6) is 0.537. The molecule has 0 aromatic heterocycles. The average Bonchev–Trinajstić information content (AvgIpc) is 2.83. The largest absolute Gasteiger partial charge is 0.384 e. The Bertz CT molecular complexity index is 445. The quantitative estimate of drug-likeness (QED) is 0.790. The number of urea groups is 1. The SMILES string of the molecule is C[C@@H]1CCC[C@H]1NC(=O)NC[C@@](C)(O)c1ccccc1. The van der Waals surface area contributed by atoms with E-state index in [1.54, 1.807) is 6.92 Å². The molecule has 4 heteroatoms. The van der Waals surface area contributed by atoms with Crippen LogP contribution in [0.4, 0.5) is 4.79 Å². The molecule has 0 aliphatic heterocycles. The van der Waals surface area contributed by atoms with Crippen molar-refractivity contribution in [3.05, 3.63) is 35.9 Å². The number of rotatable bonds is 4. The van der Waals surface area contributed by atoms with Gasteiger partial charge in [0.15, 0.2) is 0 Å². The van der Waals surface area contributed by atoms with Gasteiger partial charge in [0.25, 0.3) is 0 Å². The average molecular weight is 276 g/mol. The maximum absolute atomic E-state index is 11.9. The molecule has 1 aromatic rings. The van der Waals surface area contributed by atoms with Crippen LogP contribution in [0, 0.1) is 5.92 Å². The third kappa shape index (κ3) is 3.73. The second-order valence-electron chi connectivity index (χ2n) is 5.98. The molecule has 0 unspecified atom stereocenters. The van der Waals surface area contributed by atoms with Crippen molar-refractivity contribution in [2.75, 3.05) is 6.54 Å². The predicted octanol–water partition coefficient (Wildman–Crippen LogP) is 2.38. The van der Waals surface area contributed by atoms with Crippen LogP contribution in [0.2, 0.25) is 0 Å². The monoisotopic (exact) mass is 276 g/mol. The van der Waals surface area contributed by atoms with Crippen molar-refractivity contribution in [2.45, 2.75) is 44.8 Å². The molecule has 1 fully saturated rings. The van der Waals surface area contributed by atoms with E-state index in [4.69, 9.17) is 0 Å². The van der Waals surface area contributed by atoms with Gasteiger partial charge in [0.1, 0.15) is 5.60 Å². The number of benzene rings is 1. The van der Waals surface area contributed by atoms with Gasteiger partial charge in [-0.25, -0.2) is 4.79 Å². The molecule has 0 saturated heterocycles. The van der Waals surface area contributed by atoms with Gasteiger partial charge in [0.2, 0.25) is 0 Å². The van der Waals surface area contributed by atoms with E-state index in [1.165, 1.54) is 12.8 Å². The Kier molecular flexibility index (Phi) is 4.65. The Labute approximate surface area is 120 Å². The van der Waals surface area contributed by atoms with Gasteiger partial charge in [-0.3, -0.25) is 0 Å². The topological polar surface area (TPSA) is 61.4 Å². The number of carbonyl (C=O) groups excluding carboxylic acids is 1. The summed E-state index contributed by atoms with van der Waals surface area (Å²) in [4.78, 5) is 11.9. The van der Waals surface area contributed by atoms with E-state index >= 15 is 0 Å². The minimum absolute atomic E-state index is 0.194. The second-order valence-corrected chi connectivity index (χ2v) is 5.98. The summed E-state index contributed by atoms with van der Waals surface area (Å²) in [5, 5.41) is 16.2. The van der Waals surface area contributed by atoms with Crippen LogP contribution in [-0.4, -0.2) is 23.7 Å². The summed E-state index contributed by atoms with van der Waals surface area (Å²) >= 11 is 0. The van der Waals surface area contributed by atoms with Crippen LogP contribution in [0.5, 0.6) is 0 Å². The first-order chi connectivity index (χ1) is 9.49. The molecule has 3 atom stereocenters. The van der Waals surface area contributed by atoms with E-state index in [0.29, 0.717) is 5.92 Å². The summed E-state index contributed by atoms with van der Waals surface area (Å²) < 4.78 is 0. The van der Waals surface area contributed by atoms with Crippen molar-refractivity contribution < 1.29 is 9.90 Å². The summed E-state index contributed by atoms with van der Waals surface area (Å²) in [6, 6.07) is 9.45. The third-order valence-corrected chi connectivity index (χ3v) is 4.17. The molecular formula is C16H24N2O2. The summed E-state index contributed by atoms with van der Waals surface area (Å²) in [6.07, 6.45) is 3.39. The Hall–Kier alpha value is -1.55. The lowest BCUT2D eigenvalue weighted by molar-refractivity contribution is 0.0592. The van der Waals surface area contributed by atoms with Crippen molar-refractivity contribution in [2.24, 2.45) is 5.92 Å². The number of hydrogen-bond donors (Lipinski definition) is 3. The van der Waals surface area contributed by atoms with Gasteiger partial charge in [0.05, 0.1) is 6.54 Å². The van der Waals surface area contributed by atoms with Gasteiger partial charge in [-0.05, 0) is 31.2 Å². The lowest BCUT2D eigenvalue weighted by Gasteiger charge is -2.25. The van der Waals surface area contributed by atoms with Crippen molar-refractivity contribution in [1.29, 1.82) is 0 Å². The smallest absolute Gasteiger partial charge is 0.315 e. The highest BCUT2D eigenvalue weighted by Crippen LogP contribution is 2.24. The molecule has 3 N–H and O–H groups in total. The maximum atomic E-state index is 11.9. The maximum Gasteiger partial charge on any atom is 0.315 e. The van der Waals surface area contributed by atoms with Gasteiger partial charge in [0, 0.05) is 6.04 Å². The van der Waals surface area contributed by atoms with Crippen LogP contribution in [-0.2, 0) is 5.60 Å². The van der Waals surface area contributed by atoms with E-state index in [0.717, 1.165) is 12.0 Å². The fourth-order valence-electron chi connectivity index (χ4n) is 2.73. The number of nitrogens with one attached hydrogen (secondary N) is 2. The van der Waals surface area contributed by atoms with Crippen molar-refractivity contribution in [3.8, 4) is 0 Å². The zero-order valence-corrected chi connectivity index (χ0v) is 12.2. The van der Waals surface area contributed by atoms with E-state index in [1.807, 2.05) is 30.3 Å². The van der Waals surface area contributed by atoms with Gasteiger partial charge in [-0.1, -0.05) is 43.7 Å². The lowest BCUT2D eigenvalue weighted by Crippen LogP contribution is -2.47. The van der Waals surface area contributed by atoms with Crippen LogP contribution >= 0.6 is 0 Å². The van der Waals surface area contributed by atoms with Crippen molar-refractivity contribution >= 4 is 6.03 Å². The Morgan fingerprint density at radius 2 is 2.05 bits per heavy atom. The first-order valence-corrected chi connectivity index (χ1v) is 7.31. The molecule has 4 nitrogen and oxygen atoms in total. The molecule has 2 rings (SSSR count). The zero-order valence-electron chi connectivity index (χ0n) is 12.2. The predicted molar refractivity (Wildman–Crippen MR) is 79.4 cm³/mol. The third-order valence-electron chi connectivity index (χ3n) is 4.17. The molecule has 0 radical (unpaired) electrons. The molecule has 110 valence electrons. The first-order valence-electron chi connectivity index (χ1n) is 7.31. The molecule has 0 spiro atoms. The lowest BCUT2D eigenvalue weighted by atomic mass is 9.96. The number of carbonyl (C=O) groups is 1. The molecule has 0 bridgehead atoms.